The zero-order valence-corrected chi connectivity index (χ0v) is 23.7. The number of nitrogens with one attached hydrogen (secondary N) is 3. The highest BCUT2D eigenvalue weighted by molar-refractivity contribution is 6.13. The Balaban J connectivity index is 1.70. The summed E-state index contributed by atoms with van der Waals surface area (Å²) in [5.41, 5.74) is 1.81. The molecule has 0 saturated heterocycles. The first-order chi connectivity index (χ1) is 19.7. The zero-order valence-electron chi connectivity index (χ0n) is 23.7. The van der Waals surface area contributed by atoms with Crippen LogP contribution in [0.2, 0.25) is 0 Å². The van der Waals surface area contributed by atoms with Gasteiger partial charge in [0.2, 0.25) is 5.91 Å². The Bertz CT molecular complexity index is 1400. The number of hydrogen-bond donors (Lipinski definition) is 4. The number of phenols is 1. The molecule has 3 aromatic rings. The topological polar surface area (TPSA) is 129 Å². The number of phenolic OH excluding ortho intramolecular Hbond substituents is 1. The van der Waals surface area contributed by atoms with Gasteiger partial charge in [0.15, 0.2) is 11.8 Å². The lowest BCUT2D eigenvalue weighted by Crippen LogP contribution is -2.56. The van der Waals surface area contributed by atoms with Gasteiger partial charge in [-0.2, -0.15) is 0 Å². The summed E-state index contributed by atoms with van der Waals surface area (Å²) in [6.07, 6.45) is -1.14. The Morgan fingerprint density at radius 3 is 2.24 bits per heavy atom. The van der Waals surface area contributed by atoms with E-state index in [1.54, 1.807) is 48.5 Å². The number of carbonyl (C=O) groups excluding carboxylic acids is 3. The van der Waals surface area contributed by atoms with E-state index in [0.29, 0.717) is 30.2 Å². The summed E-state index contributed by atoms with van der Waals surface area (Å²) in [4.78, 5) is 42.6. The van der Waals surface area contributed by atoms with Crippen molar-refractivity contribution >= 4 is 34.9 Å². The molecule has 1 heterocycles. The average Bonchev–Trinajstić information content (AvgIpc) is 3.14. The van der Waals surface area contributed by atoms with E-state index in [4.69, 9.17) is 9.47 Å². The van der Waals surface area contributed by atoms with Crippen molar-refractivity contribution in [3.8, 4) is 5.75 Å². The molecule has 1 atom stereocenters. The van der Waals surface area contributed by atoms with Crippen molar-refractivity contribution in [1.82, 2.24) is 5.32 Å². The highest BCUT2D eigenvalue weighted by Crippen LogP contribution is 2.43. The third-order valence-electron chi connectivity index (χ3n) is 6.79. The van der Waals surface area contributed by atoms with Crippen LogP contribution in [-0.2, 0) is 24.6 Å². The molecule has 0 fully saturated rings. The van der Waals surface area contributed by atoms with E-state index in [-0.39, 0.29) is 18.0 Å². The SMILES string of the molecule is CCOC(CN1C(=O)C(CC(=O)Nc2ccc(C)cc2O)(NC(=O)Nc2ccc(C)cc2)c2ccccc21)OCC. The van der Waals surface area contributed by atoms with Crippen LogP contribution in [0.15, 0.2) is 66.7 Å². The number of rotatable bonds is 11. The molecule has 216 valence electrons. The van der Waals surface area contributed by atoms with Gasteiger partial charge >= 0.3 is 6.03 Å². The second-order valence-electron chi connectivity index (χ2n) is 9.87. The van der Waals surface area contributed by atoms with Crippen LogP contribution in [0, 0.1) is 13.8 Å². The summed E-state index contributed by atoms with van der Waals surface area (Å²) in [6.45, 7) is 8.22. The largest absolute Gasteiger partial charge is 0.506 e. The van der Waals surface area contributed by atoms with Crippen LogP contribution in [0.25, 0.3) is 0 Å². The quantitative estimate of drug-likeness (QED) is 0.197. The van der Waals surface area contributed by atoms with Crippen molar-refractivity contribution in [2.45, 2.75) is 45.9 Å². The van der Waals surface area contributed by atoms with Crippen LogP contribution in [-0.4, -0.2) is 49.0 Å². The summed E-state index contributed by atoms with van der Waals surface area (Å²) in [5, 5.41) is 18.6. The number of fused-ring (bicyclic) bond motifs is 1. The number of hydrogen-bond acceptors (Lipinski definition) is 6. The summed E-state index contributed by atoms with van der Waals surface area (Å²) in [6, 6.07) is 18.4. The monoisotopic (exact) mass is 560 g/mol. The standard InChI is InChI=1S/C31H36N4O6/c1-5-40-28(41-6-2)19-35-25-10-8-7-9-23(25)31(29(35)38,34-30(39)32-22-14-11-20(3)12-15-22)18-27(37)33-24-16-13-21(4)17-26(24)36/h7-17,28,36H,5-6,18-19H2,1-4H3,(H,33,37)(H2,32,34,39). The molecule has 0 aliphatic carbocycles. The molecule has 10 nitrogen and oxygen atoms in total. The number of anilines is 3. The summed E-state index contributed by atoms with van der Waals surface area (Å²) in [5.74, 6) is -1.19. The van der Waals surface area contributed by atoms with Gasteiger partial charge in [-0.1, -0.05) is 42.0 Å². The van der Waals surface area contributed by atoms with Crippen LogP contribution in [0.3, 0.4) is 0 Å². The molecule has 41 heavy (non-hydrogen) atoms. The molecule has 4 amide bonds. The number of urea groups is 1. The first kappa shape index (κ1) is 29.6. The molecule has 0 saturated carbocycles. The molecule has 0 spiro atoms. The molecule has 4 rings (SSSR count). The van der Waals surface area contributed by atoms with Crippen molar-refractivity contribution in [3.05, 3.63) is 83.4 Å². The number of carbonyl (C=O) groups is 3. The highest BCUT2D eigenvalue weighted by Gasteiger charge is 2.53. The molecule has 0 aromatic heterocycles. The molecule has 3 aromatic carbocycles. The van der Waals surface area contributed by atoms with Gasteiger partial charge in [0.05, 0.1) is 24.3 Å². The normalized spacial score (nSPS) is 16.0. The number of para-hydroxylation sites is 1. The zero-order chi connectivity index (χ0) is 29.6. The Morgan fingerprint density at radius 1 is 0.927 bits per heavy atom. The summed E-state index contributed by atoms with van der Waals surface area (Å²) >= 11 is 0. The van der Waals surface area contributed by atoms with E-state index in [9.17, 15) is 19.5 Å². The Labute approximate surface area is 239 Å². The maximum atomic E-state index is 14.3. The van der Waals surface area contributed by atoms with E-state index in [2.05, 4.69) is 16.0 Å². The first-order valence-electron chi connectivity index (χ1n) is 13.6. The fourth-order valence-electron chi connectivity index (χ4n) is 4.89. The highest BCUT2D eigenvalue weighted by atomic mass is 16.7. The second-order valence-corrected chi connectivity index (χ2v) is 9.87. The number of amides is 4. The lowest BCUT2D eigenvalue weighted by Gasteiger charge is -2.30. The van der Waals surface area contributed by atoms with E-state index in [0.717, 1.165) is 11.1 Å². The van der Waals surface area contributed by atoms with Crippen LogP contribution in [0.1, 0.15) is 37.0 Å². The van der Waals surface area contributed by atoms with Crippen molar-refractivity contribution in [2.75, 3.05) is 35.3 Å². The van der Waals surface area contributed by atoms with Crippen LogP contribution >= 0.6 is 0 Å². The second kappa shape index (κ2) is 12.8. The van der Waals surface area contributed by atoms with E-state index >= 15 is 0 Å². The minimum absolute atomic E-state index is 0.0565. The minimum atomic E-state index is -1.75. The molecule has 0 radical (unpaired) electrons. The number of nitrogens with zero attached hydrogens (tertiary/aromatic N) is 1. The summed E-state index contributed by atoms with van der Waals surface area (Å²) < 4.78 is 11.4. The summed E-state index contributed by atoms with van der Waals surface area (Å²) in [7, 11) is 0. The molecule has 1 unspecified atom stereocenters. The van der Waals surface area contributed by atoms with Gasteiger partial charge in [0.25, 0.3) is 5.91 Å². The number of benzene rings is 3. The molecule has 10 heteroatoms. The molecular formula is C31H36N4O6. The number of aromatic hydroxyl groups is 1. The van der Waals surface area contributed by atoms with Crippen LogP contribution < -0.4 is 20.9 Å². The van der Waals surface area contributed by atoms with Gasteiger partial charge in [-0.3, -0.25) is 9.59 Å². The van der Waals surface area contributed by atoms with Gasteiger partial charge in [0, 0.05) is 24.5 Å². The van der Waals surface area contributed by atoms with Crippen LogP contribution in [0.4, 0.5) is 21.9 Å². The Hall–Kier alpha value is -4.41. The smallest absolute Gasteiger partial charge is 0.320 e. The van der Waals surface area contributed by atoms with E-state index in [1.165, 1.54) is 11.0 Å². The van der Waals surface area contributed by atoms with Gasteiger partial charge in [-0.05, 0) is 63.6 Å². The minimum Gasteiger partial charge on any atom is -0.506 e. The lowest BCUT2D eigenvalue weighted by atomic mass is 9.87. The molecule has 0 bridgehead atoms. The number of aryl methyl sites for hydroxylation is 2. The average molecular weight is 561 g/mol. The first-order valence-corrected chi connectivity index (χ1v) is 13.6. The van der Waals surface area contributed by atoms with Crippen molar-refractivity contribution < 1.29 is 29.0 Å². The van der Waals surface area contributed by atoms with Crippen molar-refractivity contribution in [2.24, 2.45) is 0 Å². The number of ether oxygens (including phenoxy) is 2. The molecule has 1 aliphatic rings. The fourth-order valence-corrected chi connectivity index (χ4v) is 4.89. The van der Waals surface area contributed by atoms with Gasteiger partial charge < -0.3 is 35.4 Å². The van der Waals surface area contributed by atoms with Crippen molar-refractivity contribution in [3.63, 3.8) is 0 Å². The van der Waals surface area contributed by atoms with E-state index < -0.39 is 36.1 Å². The lowest BCUT2D eigenvalue weighted by molar-refractivity contribution is -0.138. The van der Waals surface area contributed by atoms with Gasteiger partial charge in [-0.25, -0.2) is 4.79 Å². The Morgan fingerprint density at radius 2 is 1.59 bits per heavy atom. The predicted octanol–water partition coefficient (Wildman–Crippen LogP) is 4.80. The van der Waals surface area contributed by atoms with Gasteiger partial charge in [-0.15, -0.1) is 0 Å². The maximum absolute atomic E-state index is 14.3. The third-order valence-corrected chi connectivity index (χ3v) is 6.79. The van der Waals surface area contributed by atoms with Crippen LogP contribution in [0.5, 0.6) is 5.75 Å². The maximum Gasteiger partial charge on any atom is 0.320 e. The molecule has 1 aliphatic heterocycles. The fraction of sp³-hybridized carbons (Fsp3) is 0.323. The molecular weight excluding hydrogens is 524 g/mol. The molecule has 4 N–H and O–H groups in total. The Kier molecular flexibility index (Phi) is 9.26. The third kappa shape index (κ3) is 6.67. The van der Waals surface area contributed by atoms with Gasteiger partial charge in [0.1, 0.15) is 5.75 Å². The predicted molar refractivity (Wildman–Crippen MR) is 157 cm³/mol. The van der Waals surface area contributed by atoms with Crippen molar-refractivity contribution in [1.29, 1.82) is 0 Å². The van der Waals surface area contributed by atoms with E-state index in [1.807, 2.05) is 39.8 Å².